The van der Waals surface area contributed by atoms with E-state index in [1.54, 1.807) is 12.3 Å². The molecule has 0 aliphatic carbocycles. The van der Waals surface area contributed by atoms with Gasteiger partial charge in [0.05, 0.1) is 12.4 Å². The van der Waals surface area contributed by atoms with Crippen molar-refractivity contribution in [3.05, 3.63) is 59.8 Å². The predicted molar refractivity (Wildman–Crippen MR) is 84.4 cm³/mol. The van der Waals surface area contributed by atoms with Gasteiger partial charge in [0.2, 0.25) is 0 Å². The van der Waals surface area contributed by atoms with Crippen LogP contribution < -0.4 is 10.6 Å². The first-order valence-corrected chi connectivity index (χ1v) is 7.55. The van der Waals surface area contributed by atoms with Crippen LogP contribution in [0.15, 0.2) is 47.1 Å². The fourth-order valence-corrected chi connectivity index (χ4v) is 2.18. The molecule has 0 aliphatic rings. The van der Waals surface area contributed by atoms with Crippen molar-refractivity contribution in [3.8, 4) is 0 Å². The molecule has 2 atom stereocenters. The summed E-state index contributed by atoms with van der Waals surface area (Å²) in [5, 5.41) is 15.3. The van der Waals surface area contributed by atoms with Crippen LogP contribution in [-0.2, 0) is 6.42 Å². The first-order valence-electron chi connectivity index (χ1n) is 7.55. The Morgan fingerprint density at radius 2 is 2.17 bits per heavy atom. The van der Waals surface area contributed by atoms with Crippen LogP contribution in [0.1, 0.15) is 30.8 Å². The number of amides is 2. The molecule has 0 bridgehead atoms. The Morgan fingerprint density at radius 1 is 1.35 bits per heavy atom. The molecule has 2 amide bonds. The highest BCUT2D eigenvalue weighted by Gasteiger charge is 2.12. The zero-order chi connectivity index (χ0) is 16.7. The van der Waals surface area contributed by atoms with Crippen molar-refractivity contribution in [2.45, 2.75) is 31.9 Å². The van der Waals surface area contributed by atoms with E-state index in [9.17, 15) is 14.3 Å². The van der Waals surface area contributed by atoms with Crippen LogP contribution in [-0.4, -0.2) is 23.7 Å². The van der Waals surface area contributed by atoms with Gasteiger partial charge < -0.3 is 20.2 Å². The van der Waals surface area contributed by atoms with E-state index in [0.29, 0.717) is 5.56 Å². The smallest absolute Gasteiger partial charge is 0.315 e. The number of hydrogen-bond acceptors (Lipinski definition) is 3. The van der Waals surface area contributed by atoms with E-state index in [-0.39, 0.29) is 18.6 Å². The molecule has 124 valence electrons. The Kier molecular flexibility index (Phi) is 6.17. The lowest BCUT2D eigenvalue weighted by Crippen LogP contribution is -2.42. The standard InChI is InChI=1S/C17H21FN2O3/c1-12(7-8-15-6-3-9-23-15)20-17(22)19-11-16(21)13-4-2-5-14(18)10-13/h2-6,9-10,12,16,21H,7-8,11H2,1H3,(H2,19,20,22)/t12-,16+/m1/s1. The van der Waals surface area contributed by atoms with Crippen LogP contribution in [0.5, 0.6) is 0 Å². The molecule has 0 spiro atoms. The second-order valence-electron chi connectivity index (χ2n) is 5.44. The van der Waals surface area contributed by atoms with Crippen molar-refractivity contribution >= 4 is 6.03 Å². The number of rotatable bonds is 7. The molecule has 0 unspecified atom stereocenters. The number of carbonyl (C=O) groups is 1. The van der Waals surface area contributed by atoms with Crippen molar-refractivity contribution in [3.63, 3.8) is 0 Å². The van der Waals surface area contributed by atoms with Gasteiger partial charge in [0.15, 0.2) is 0 Å². The van der Waals surface area contributed by atoms with Gasteiger partial charge in [-0.25, -0.2) is 9.18 Å². The maximum Gasteiger partial charge on any atom is 0.315 e. The molecule has 1 aromatic carbocycles. The molecule has 6 heteroatoms. The molecule has 1 aromatic heterocycles. The Morgan fingerprint density at radius 3 is 2.87 bits per heavy atom. The molecule has 23 heavy (non-hydrogen) atoms. The van der Waals surface area contributed by atoms with E-state index in [1.165, 1.54) is 18.2 Å². The Balaban J connectivity index is 1.69. The maximum absolute atomic E-state index is 13.1. The van der Waals surface area contributed by atoms with Crippen molar-refractivity contribution < 1.29 is 18.7 Å². The van der Waals surface area contributed by atoms with Gasteiger partial charge in [0.1, 0.15) is 11.6 Å². The number of carbonyl (C=O) groups excluding carboxylic acids is 1. The van der Waals surface area contributed by atoms with Crippen LogP contribution in [0, 0.1) is 5.82 Å². The zero-order valence-electron chi connectivity index (χ0n) is 13.0. The third-order valence-electron chi connectivity index (χ3n) is 3.47. The van der Waals surface area contributed by atoms with Gasteiger partial charge in [-0.3, -0.25) is 0 Å². The highest BCUT2D eigenvalue weighted by Crippen LogP contribution is 2.13. The summed E-state index contributed by atoms with van der Waals surface area (Å²) in [4.78, 5) is 11.8. The van der Waals surface area contributed by atoms with E-state index >= 15 is 0 Å². The summed E-state index contributed by atoms with van der Waals surface area (Å²) in [6.07, 6.45) is 2.15. The highest BCUT2D eigenvalue weighted by molar-refractivity contribution is 5.74. The molecule has 3 N–H and O–H groups in total. The molecule has 0 saturated heterocycles. The van der Waals surface area contributed by atoms with Crippen LogP contribution in [0.4, 0.5) is 9.18 Å². The Bertz CT molecular complexity index is 616. The summed E-state index contributed by atoms with van der Waals surface area (Å²) in [6, 6.07) is 8.99. The lowest BCUT2D eigenvalue weighted by Gasteiger charge is -2.16. The van der Waals surface area contributed by atoms with Gasteiger partial charge in [0.25, 0.3) is 0 Å². The van der Waals surface area contributed by atoms with Crippen molar-refractivity contribution in [1.82, 2.24) is 10.6 Å². The summed E-state index contributed by atoms with van der Waals surface area (Å²) < 4.78 is 18.3. The first kappa shape index (κ1) is 17.0. The van der Waals surface area contributed by atoms with E-state index in [1.807, 2.05) is 19.1 Å². The van der Waals surface area contributed by atoms with Gasteiger partial charge in [0, 0.05) is 19.0 Å². The maximum atomic E-state index is 13.1. The van der Waals surface area contributed by atoms with Crippen LogP contribution >= 0.6 is 0 Å². The number of halogens is 1. The number of urea groups is 1. The number of hydrogen-bond donors (Lipinski definition) is 3. The zero-order valence-corrected chi connectivity index (χ0v) is 13.0. The SMILES string of the molecule is C[C@H](CCc1ccco1)NC(=O)NC[C@H](O)c1cccc(F)c1. The van der Waals surface area contributed by atoms with E-state index < -0.39 is 11.9 Å². The van der Waals surface area contributed by atoms with Gasteiger partial charge in [-0.05, 0) is 43.2 Å². The van der Waals surface area contributed by atoms with Crippen molar-refractivity contribution in [2.24, 2.45) is 0 Å². The minimum absolute atomic E-state index is 0.0141. The summed E-state index contributed by atoms with van der Waals surface area (Å²) in [5.41, 5.74) is 0.427. The minimum Gasteiger partial charge on any atom is -0.469 e. The third-order valence-corrected chi connectivity index (χ3v) is 3.47. The number of nitrogens with one attached hydrogen (secondary N) is 2. The summed E-state index contributed by atoms with van der Waals surface area (Å²) in [6.45, 7) is 1.91. The first-order chi connectivity index (χ1) is 11.0. The molecule has 2 rings (SSSR count). The number of aliphatic hydroxyl groups excluding tert-OH is 1. The average molecular weight is 320 g/mol. The van der Waals surface area contributed by atoms with Crippen molar-refractivity contribution in [2.75, 3.05) is 6.54 Å². The normalized spacial score (nSPS) is 13.3. The lowest BCUT2D eigenvalue weighted by molar-refractivity contribution is 0.172. The van der Waals surface area contributed by atoms with Crippen LogP contribution in [0.25, 0.3) is 0 Å². The monoisotopic (exact) mass is 320 g/mol. The van der Waals surface area contributed by atoms with Gasteiger partial charge in [-0.2, -0.15) is 0 Å². The molecular weight excluding hydrogens is 299 g/mol. The Labute approximate surface area is 134 Å². The van der Waals surface area contributed by atoms with E-state index in [2.05, 4.69) is 10.6 Å². The van der Waals surface area contributed by atoms with Crippen LogP contribution in [0.3, 0.4) is 0 Å². The third kappa shape index (κ3) is 5.75. The molecule has 1 heterocycles. The van der Waals surface area contributed by atoms with Crippen molar-refractivity contribution in [1.29, 1.82) is 0 Å². The van der Waals surface area contributed by atoms with Gasteiger partial charge in [-0.1, -0.05) is 12.1 Å². The van der Waals surface area contributed by atoms with Gasteiger partial charge in [-0.15, -0.1) is 0 Å². The second kappa shape index (κ2) is 8.33. The van der Waals surface area contributed by atoms with E-state index in [4.69, 9.17) is 4.42 Å². The molecule has 0 fully saturated rings. The molecule has 2 aromatic rings. The fraction of sp³-hybridized carbons (Fsp3) is 0.353. The molecular formula is C17H21FN2O3. The number of aryl methyl sites for hydroxylation is 1. The highest BCUT2D eigenvalue weighted by atomic mass is 19.1. The topological polar surface area (TPSA) is 74.5 Å². The summed E-state index contributed by atoms with van der Waals surface area (Å²) in [7, 11) is 0. The minimum atomic E-state index is -0.949. The average Bonchev–Trinajstić information content (AvgIpc) is 3.04. The number of benzene rings is 1. The van der Waals surface area contributed by atoms with Crippen LogP contribution in [0.2, 0.25) is 0 Å². The predicted octanol–water partition coefficient (Wildman–Crippen LogP) is 2.77. The Hall–Kier alpha value is -2.34. The number of aliphatic hydroxyl groups is 1. The van der Waals surface area contributed by atoms with Gasteiger partial charge >= 0.3 is 6.03 Å². The second-order valence-corrected chi connectivity index (χ2v) is 5.44. The molecule has 0 radical (unpaired) electrons. The lowest BCUT2D eigenvalue weighted by atomic mass is 10.1. The summed E-state index contributed by atoms with van der Waals surface area (Å²) in [5.74, 6) is 0.457. The number of furan rings is 1. The molecule has 5 nitrogen and oxygen atoms in total. The molecule has 0 aliphatic heterocycles. The quantitative estimate of drug-likeness (QED) is 0.734. The van der Waals surface area contributed by atoms with E-state index in [0.717, 1.165) is 18.6 Å². The fourth-order valence-electron chi connectivity index (χ4n) is 2.18. The molecule has 0 saturated carbocycles. The summed E-state index contributed by atoms with van der Waals surface area (Å²) >= 11 is 0. The largest absolute Gasteiger partial charge is 0.469 e.